The number of aryl methyl sites for hydroxylation is 2. The Morgan fingerprint density at radius 1 is 0.933 bits per heavy atom. The lowest BCUT2D eigenvalue weighted by Gasteiger charge is -2.15. The van der Waals surface area contributed by atoms with E-state index in [1.807, 2.05) is 61.5 Å². The van der Waals surface area contributed by atoms with Gasteiger partial charge in [-0.1, -0.05) is 53.7 Å². The molecule has 5 rings (SSSR count). The second-order valence-corrected chi connectivity index (χ2v) is 9.26. The maximum atomic E-state index is 13.4. The van der Waals surface area contributed by atoms with Crippen molar-refractivity contribution in [1.82, 2.24) is 14.5 Å². The monoisotopic (exact) mass is 429 g/mol. The first-order chi connectivity index (χ1) is 14.6. The van der Waals surface area contributed by atoms with Crippen molar-refractivity contribution >= 4 is 44.2 Å². The predicted molar refractivity (Wildman–Crippen MR) is 126 cm³/mol. The van der Waals surface area contributed by atoms with Crippen LogP contribution in [0.4, 0.5) is 0 Å². The average Bonchev–Trinajstić information content (AvgIpc) is 3.16. The molecule has 0 atom stereocenters. The van der Waals surface area contributed by atoms with E-state index in [0.29, 0.717) is 16.3 Å². The summed E-state index contributed by atoms with van der Waals surface area (Å²) < 4.78 is 2.92. The van der Waals surface area contributed by atoms with Gasteiger partial charge in [0.2, 0.25) is 0 Å². The smallest absolute Gasteiger partial charge is 0.266 e. The molecule has 0 unspecified atom stereocenters. The van der Waals surface area contributed by atoms with Crippen LogP contribution in [0.25, 0.3) is 26.8 Å². The van der Waals surface area contributed by atoms with Crippen LogP contribution in [-0.4, -0.2) is 14.5 Å². The molecule has 30 heavy (non-hydrogen) atoms. The van der Waals surface area contributed by atoms with Gasteiger partial charge in [-0.3, -0.25) is 9.36 Å². The minimum absolute atomic E-state index is 0.0423. The van der Waals surface area contributed by atoms with E-state index in [2.05, 4.69) is 19.1 Å². The topological polar surface area (TPSA) is 47.8 Å². The molecule has 0 amide bonds. The number of para-hydroxylation sites is 2. The Morgan fingerprint density at radius 2 is 1.70 bits per heavy atom. The van der Waals surface area contributed by atoms with Gasteiger partial charge < -0.3 is 0 Å². The fourth-order valence-corrected chi connectivity index (χ4v) is 5.55. The quantitative estimate of drug-likeness (QED) is 0.263. The van der Waals surface area contributed by atoms with Crippen LogP contribution in [0.5, 0.6) is 0 Å². The van der Waals surface area contributed by atoms with Crippen molar-refractivity contribution in [2.75, 3.05) is 0 Å². The van der Waals surface area contributed by atoms with E-state index in [0.717, 1.165) is 27.3 Å². The minimum Gasteiger partial charge on any atom is -0.268 e. The van der Waals surface area contributed by atoms with Crippen LogP contribution in [0.15, 0.2) is 76.7 Å². The Kier molecular flexibility index (Phi) is 4.89. The molecule has 0 bridgehead atoms. The van der Waals surface area contributed by atoms with Gasteiger partial charge in [0.1, 0.15) is 5.01 Å². The third kappa shape index (κ3) is 3.42. The molecule has 4 nitrogen and oxygen atoms in total. The Labute approximate surface area is 182 Å². The van der Waals surface area contributed by atoms with Crippen LogP contribution in [0.1, 0.15) is 16.1 Å². The number of aromatic nitrogens is 3. The van der Waals surface area contributed by atoms with Gasteiger partial charge in [0.15, 0.2) is 5.16 Å². The van der Waals surface area contributed by atoms with Gasteiger partial charge in [-0.05, 0) is 49.7 Å². The van der Waals surface area contributed by atoms with Gasteiger partial charge in [-0.2, -0.15) is 0 Å². The summed E-state index contributed by atoms with van der Waals surface area (Å²) in [6.45, 7) is 4.09. The number of hydrogen-bond donors (Lipinski definition) is 0. The zero-order chi connectivity index (χ0) is 20.7. The van der Waals surface area contributed by atoms with Crippen LogP contribution in [0.2, 0.25) is 0 Å². The maximum Gasteiger partial charge on any atom is 0.266 e. The summed E-state index contributed by atoms with van der Waals surface area (Å²) in [6.07, 6.45) is 0. The normalized spacial score (nSPS) is 11.4. The number of rotatable bonds is 4. The fraction of sp³-hybridized carbons (Fsp3) is 0.125. The number of thiazole rings is 1. The molecule has 0 saturated heterocycles. The Morgan fingerprint density at radius 3 is 2.50 bits per heavy atom. The van der Waals surface area contributed by atoms with Crippen LogP contribution in [0.3, 0.4) is 0 Å². The lowest BCUT2D eigenvalue weighted by Crippen LogP contribution is -2.22. The van der Waals surface area contributed by atoms with E-state index in [1.54, 1.807) is 27.7 Å². The van der Waals surface area contributed by atoms with Gasteiger partial charge in [0.05, 0.1) is 32.6 Å². The summed E-state index contributed by atoms with van der Waals surface area (Å²) in [7, 11) is 0. The molecule has 5 aromatic rings. The first kappa shape index (κ1) is 19.0. The molecule has 0 aliphatic heterocycles. The zero-order valence-electron chi connectivity index (χ0n) is 16.6. The van der Waals surface area contributed by atoms with Crippen LogP contribution in [-0.2, 0) is 5.75 Å². The number of thioether (sulfide) groups is 1. The van der Waals surface area contributed by atoms with E-state index in [9.17, 15) is 4.79 Å². The van der Waals surface area contributed by atoms with E-state index < -0.39 is 0 Å². The second kappa shape index (κ2) is 7.70. The Bertz CT molecular complexity index is 1420. The molecule has 0 saturated carbocycles. The van der Waals surface area contributed by atoms with Crippen molar-refractivity contribution in [3.8, 4) is 5.69 Å². The van der Waals surface area contributed by atoms with Gasteiger partial charge in [0, 0.05) is 0 Å². The summed E-state index contributed by atoms with van der Waals surface area (Å²) in [4.78, 5) is 23.0. The van der Waals surface area contributed by atoms with Crippen molar-refractivity contribution in [2.45, 2.75) is 24.8 Å². The van der Waals surface area contributed by atoms with E-state index in [4.69, 9.17) is 9.97 Å². The standard InChI is InChI=1S/C24H19N3OS2/c1-15-11-12-20(16(2)13-15)27-23(28)17-7-3-4-8-18(17)26-24(27)29-14-22-25-19-9-5-6-10-21(19)30-22/h3-13H,14H2,1-2H3. The third-order valence-corrected chi connectivity index (χ3v) is 7.17. The molecular weight excluding hydrogens is 410 g/mol. The molecule has 0 N–H and O–H groups in total. The molecule has 0 fully saturated rings. The van der Waals surface area contributed by atoms with Crippen LogP contribution in [0, 0.1) is 13.8 Å². The molecule has 0 radical (unpaired) electrons. The number of fused-ring (bicyclic) bond motifs is 2. The lowest BCUT2D eigenvalue weighted by molar-refractivity contribution is 0.814. The fourth-order valence-electron chi connectivity index (χ4n) is 3.59. The van der Waals surface area contributed by atoms with Gasteiger partial charge >= 0.3 is 0 Å². The highest BCUT2D eigenvalue weighted by atomic mass is 32.2. The third-order valence-electron chi connectivity index (χ3n) is 5.00. The molecule has 0 aliphatic rings. The SMILES string of the molecule is Cc1ccc(-n2c(SCc3nc4ccccc4s3)nc3ccccc3c2=O)c(C)c1. The second-order valence-electron chi connectivity index (χ2n) is 7.21. The predicted octanol–water partition coefficient (Wildman–Crippen LogP) is 5.90. The Hall–Kier alpha value is -2.96. The van der Waals surface area contributed by atoms with E-state index in [1.165, 1.54) is 10.3 Å². The molecule has 148 valence electrons. The van der Waals surface area contributed by atoms with E-state index in [-0.39, 0.29) is 5.56 Å². The van der Waals surface area contributed by atoms with Crippen molar-refractivity contribution in [1.29, 1.82) is 0 Å². The van der Waals surface area contributed by atoms with Crippen molar-refractivity contribution < 1.29 is 0 Å². The van der Waals surface area contributed by atoms with Gasteiger partial charge in [-0.15, -0.1) is 11.3 Å². The summed E-state index contributed by atoms with van der Waals surface area (Å²) in [5.41, 5.74) is 4.78. The van der Waals surface area contributed by atoms with Crippen molar-refractivity contribution in [3.05, 3.63) is 93.2 Å². The molecule has 6 heteroatoms. The summed E-state index contributed by atoms with van der Waals surface area (Å²) in [5.74, 6) is 0.662. The van der Waals surface area contributed by atoms with Crippen molar-refractivity contribution in [3.63, 3.8) is 0 Å². The highest BCUT2D eigenvalue weighted by Crippen LogP contribution is 2.29. The molecule has 2 aromatic heterocycles. The molecule has 0 spiro atoms. The maximum absolute atomic E-state index is 13.4. The highest BCUT2D eigenvalue weighted by molar-refractivity contribution is 7.98. The summed E-state index contributed by atoms with van der Waals surface area (Å²) >= 11 is 3.24. The Balaban J connectivity index is 1.63. The van der Waals surface area contributed by atoms with Crippen LogP contribution < -0.4 is 5.56 Å². The van der Waals surface area contributed by atoms with Crippen molar-refractivity contribution in [2.24, 2.45) is 0 Å². The zero-order valence-corrected chi connectivity index (χ0v) is 18.3. The lowest BCUT2D eigenvalue weighted by atomic mass is 10.1. The van der Waals surface area contributed by atoms with Gasteiger partial charge in [0.25, 0.3) is 5.56 Å². The molecule has 3 aromatic carbocycles. The summed E-state index contributed by atoms with van der Waals surface area (Å²) in [6, 6.07) is 21.8. The highest BCUT2D eigenvalue weighted by Gasteiger charge is 2.16. The average molecular weight is 430 g/mol. The summed E-state index contributed by atoms with van der Waals surface area (Å²) in [5, 5.41) is 2.34. The van der Waals surface area contributed by atoms with Gasteiger partial charge in [-0.25, -0.2) is 9.97 Å². The first-order valence-corrected chi connectivity index (χ1v) is 11.5. The number of benzene rings is 3. The number of nitrogens with zero attached hydrogens (tertiary/aromatic N) is 3. The molecular formula is C24H19N3OS2. The largest absolute Gasteiger partial charge is 0.268 e. The minimum atomic E-state index is -0.0423. The molecule has 2 heterocycles. The first-order valence-electron chi connectivity index (χ1n) is 9.67. The number of hydrogen-bond acceptors (Lipinski definition) is 5. The van der Waals surface area contributed by atoms with E-state index >= 15 is 0 Å². The molecule has 0 aliphatic carbocycles. The van der Waals surface area contributed by atoms with Crippen LogP contribution >= 0.6 is 23.1 Å².